The van der Waals surface area contributed by atoms with Crippen LogP contribution in [0, 0.1) is 0 Å². The molecule has 5 aromatic carbocycles. The molecule has 1 unspecified atom stereocenters. The molecular weight excluding hydrogens is 704 g/mol. The molecule has 0 spiro atoms. The Kier molecular flexibility index (Phi) is 13.1. The Balaban J connectivity index is 1.35. The van der Waals surface area contributed by atoms with Crippen LogP contribution in [0.15, 0.2) is 144 Å². The van der Waals surface area contributed by atoms with E-state index in [1.807, 2.05) is 140 Å². The molecule has 0 saturated heterocycles. The van der Waals surface area contributed by atoms with Gasteiger partial charge in [-0.05, 0) is 52.1 Å². The second kappa shape index (κ2) is 18.0. The summed E-state index contributed by atoms with van der Waals surface area (Å²) in [5.41, 5.74) is 4.86. The fraction of sp³-hybridized carbons (Fsp3) is 0.268. The van der Waals surface area contributed by atoms with E-state index in [0.29, 0.717) is 11.6 Å². The zero-order valence-corrected chi connectivity index (χ0v) is 29.4. The molecule has 1 aliphatic carbocycles. The molecule has 1 N–H and O–H groups in total. The molecule has 0 aromatic heterocycles. The van der Waals surface area contributed by atoms with Gasteiger partial charge in [0, 0.05) is 9.50 Å². The van der Waals surface area contributed by atoms with Crippen molar-refractivity contribution in [3.8, 4) is 0 Å². The van der Waals surface area contributed by atoms with Crippen LogP contribution in [0.5, 0.6) is 0 Å². The summed E-state index contributed by atoms with van der Waals surface area (Å²) in [6.45, 7) is 1.37. The third kappa shape index (κ3) is 10.1. The van der Waals surface area contributed by atoms with E-state index >= 15 is 0 Å². The minimum atomic E-state index is -1.10. The number of rotatable bonds is 15. The Labute approximate surface area is 301 Å². The van der Waals surface area contributed by atoms with E-state index in [0.717, 1.165) is 32.3 Å². The summed E-state index contributed by atoms with van der Waals surface area (Å²) in [4.78, 5) is 0. The molecule has 0 amide bonds. The van der Waals surface area contributed by atoms with Crippen LogP contribution in [0.1, 0.15) is 27.8 Å². The van der Waals surface area contributed by atoms with Crippen molar-refractivity contribution in [1.29, 1.82) is 0 Å². The van der Waals surface area contributed by atoms with Crippen LogP contribution in [0.25, 0.3) is 0 Å². The first kappa shape index (κ1) is 35.5. The molecule has 6 atom stereocenters. The van der Waals surface area contributed by atoms with Gasteiger partial charge in [0.15, 0.2) is 0 Å². The number of aliphatic hydroxyl groups excluding tert-OH is 1. The van der Waals surface area contributed by atoms with Gasteiger partial charge in [0.1, 0.15) is 36.6 Å². The fourth-order valence-corrected chi connectivity index (χ4v) is 6.33. The van der Waals surface area contributed by atoms with Gasteiger partial charge in [0.05, 0.1) is 33.0 Å². The highest BCUT2D eigenvalue weighted by molar-refractivity contribution is 9.10. The molecule has 0 radical (unpaired) electrons. The van der Waals surface area contributed by atoms with E-state index in [1.165, 1.54) is 0 Å². The van der Waals surface area contributed by atoms with Gasteiger partial charge >= 0.3 is 0 Å². The van der Waals surface area contributed by atoms with Gasteiger partial charge in [0.2, 0.25) is 0 Å². The van der Waals surface area contributed by atoms with E-state index in [4.69, 9.17) is 35.3 Å². The highest BCUT2D eigenvalue weighted by Gasteiger charge is 2.54. The molecule has 0 heterocycles. The second-order valence-corrected chi connectivity index (χ2v) is 13.4. The highest BCUT2D eigenvalue weighted by Crippen LogP contribution is 2.35. The first-order valence-electron chi connectivity index (χ1n) is 16.4. The van der Waals surface area contributed by atoms with Crippen molar-refractivity contribution in [2.45, 2.75) is 69.7 Å². The van der Waals surface area contributed by atoms with E-state index in [1.54, 1.807) is 0 Å². The predicted octanol–water partition coefficient (Wildman–Crippen LogP) is 8.70. The predicted molar refractivity (Wildman–Crippen MR) is 194 cm³/mol. The third-order valence-corrected chi connectivity index (χ3v) is 9.32. The van der Waals surface area contributed by atoms with Crippen molar-refractivity contribution >= 4 is 27.5 Å². The molecule has 8 heteroatoms. The number of halogens is 2. The molecule has 254 valence electrons. The molecule has 6 nitrogen and oxygen atoms in total. The molecule has 6 rings (SSSR count). The van der Waals surface area contributed by atoms with Crippen LogP contribution in [-0.2, 0) is 56.7 Å². The quantitative estimate of drug-likeness (QED) is 0.116. The average Bonchev–Trinajstić information content (AvgIpc) is 3.14. The van der Waals surface area contributed by atoms with E-state index in [9.17, 15) is 5.11 Å². The summed E-state index contributed by atoms with van der Waals surface area (Å²) in [7, 11) is 0. The number of hydrogen-bond acceptors (Lipinski definition) is 6. The van der Waals surface area contributed by atoms with Crippen molar-refractivity contribution in [3.05, 3.63) is 177 Å². The summed E-state index contributed by atoms with van der Waals surface area (Å²) in [5, 5.41) is 12.8. The summed E-state index contributed by atoms with van der Waals surface area (Å²) >= 11 is 9.70. The second-order valence-electron chi connectivity index (χ2n) is 12.1. The average molecular weight is 744 g/mol. The molecule has 1 aliphatic rings. The lowest BCUT2D eigenvalue weighted by Crippen LogP contribution is -2.66. The molecule has 0 bridgehead atoms. The maximum atomic E-state index is 12.2. The van der Waals surface area contributed by atoms with Crippen LogP contribution in [0.4, 0.5) is 0 Å². The number of ether oxygens (including phenoxy) is 5. The van der Waals surface area contributed by atoms with Crippen molar-refractivity contribution in [3.63, 3.8) is 0 Å². The van der Waals surface area contributed by atoms with Crippen molar-refractivity contribution in [2.24, 2.45) is 0 Å². The largest absolute Gasteiger partial charge is 0.387 e. The molecule has 49 heavy (non-hydrogen) atoms. The van der Waals surface area contributed by atoms with Gasteiger partial charge in [-0.25, -0.2) is 0 Å². The lowest BCUT2D eigenvalue weighted by atomic mass is 9.83. The highest BCUT2D eigenvalue weighted by atomic mass is 79.9. The molecule has 5 aromatic rings. The monoisotopic (exact) mass is 742 g/mol. The third-order valence-electron chi connectivity index (χ3n) is 8.54. The molecule has 0 aliphatic heterocycles. The first-order valence-corrected chi connectivity index (χ1v) is 17.6. The summed E-state index contributed by atoms with van der Waals surface area (Å²) in [5.74, 6) is 0. The van der Waals surface area contributed by atoms with Gasteiger partial charge in [0.25, 0.3) is 0 Å². The maximum absolute atomic E-state index is 12.2. The molecule has 1 saturated carbocycles. The Morgan fingerprint density at radius 2 is 0.694 bits per heavy atom. The van der Waals surface area contributed by atoms with E-state index in [2.05, 4.69) is 15.9 Å². The standard InChI is InChI=1S/C41H40BrClO6/c42-34-20-16-32(17-21-34)27-47-39-37(45-24-29-10-4-1-5-11-29)36(44)38(46-25-30-12-6-2-7-13-30)40(48-28-33-18-22-35(43)23-19-33)41(39)49-26-31-14-8-3-9-15-31/h1-23,36-41,44H,24-28H2/t36?,37-,38+,39-,40+,41-/m0/s1. The number of hydrogen-bond donors (Lipinski definition) is 1. The summed E-state index contributed by atoms with van der Waals surface area (Å²) < 4.78 is 34.3. The van der Waals surface area contributed by atoms with Gasteiger partial charge in [-0.2, -0.15) is 0 Å². The van der Waals surface area contributed by atoms with Gasteiger partial charge in [-0.15, -0.1) is 0 Å². The van der Waals surface area contributed by atoms with Crippen molar-refractivity contribution < 1.29 is 28.8 Å². The summed E-state index contributed by atoms with van der Waals surface area (Å²) in [6.07, 6.45) is -4.81. The molecular formula is C41H40BrClO6. The zero-order chi connectivity index (χ0) is 33.8. The normalized spacial score (nSPS) is 22.2. The van der Waals surface area contributed by atoms with Crippen LogP contribution >= 0.6 is 27.5 Å². The Hall–Kier alpha value is -3.37. The first-order chi connectivity index (χ1) is 24.0. The minimum absolute atomic E-state index is 0.250. The van der Waals surface area contributed by atoms with Crippen molar-refractivity contribution in [1.82, 2.24) is 0 Å². The summed E-state index contributed by atoms with van der Waals surface area (Å²) in [6, 6.07) is 45.2. The zero-order valence-electron chi connectivity index (χ0n) is 27.0. The number of benzene rings is 5. The fourth-order valence-electron chi connectivity index (χ4n) is 5.94. The Morgan fingerprint density at radius 3 is 1.06 bits per heavy atom. The molecule has 1 fully saturated rings. The minimum Gasteiger partial charge on any atom is -0.387 e. The van der Waals surface area contributed by atoms with E-state index < -0.39 is 36.6 Å². The Bertz CT molecular complexity index is 1570. The lowest BCUT2D eigenvalue weighted by molar-refractivity contribution is -0.283. The SMILES string of the molecule is OC1[C@@H](OCc2ccccc2)[C@@H](OCc2ccc(Cl)cc2)[C@@H](OCc2ccccc2)[C@@H](OCc2ccc(Br)cc2)[C@H]1OCc1ccccc1. The van der Waals surface area contributed by atoms with Crippen LogP contribution in [0.2, 0.25) is 5.02 Å². The Morgan fingerprint density at radius 1 is 0.408 bits per heavy atom. The van der Waals surface area contributed by atoms with E-state index in [-0.39, 0.29) is 26.4 Å². The topological polar surface area (TPSA) is 66.4 Å². The van der Waals surface area contributed by atoms with Crippen LogP contribution in [0.3, 0.4) is 0 Å². The van der Waals surface area contributed by atoms with Gasteiger partial charge in [-0.1, -0.05) is 143 Å². The lowest BCUT2D eigenvalue weighted by Gasteiger charge is -2.48. The van der Waals surface area contributed by atoms with Crippen LogP contribution in [-0.4, -0.2) is 41.7 Å². The van der Waals surface area contributed by atoms with Crippen molar-refractivity contribution in [2.75, 3.05) is 0 Å². The van der Waals surface area contributed by atoms with Gasteiger partial charge in [-0.3, -0.25) is 0 Å². The maximum Gasteiger partial charge on any atom is 0.116 e. The smallest absolute Gasteiger partial charge is 0.116 e. The van der Waals surface area contributed by atoms with Crippen LogP contribution < -0.4 is 0 Å². The van der Waals surface area contributed by atoms with Gasteiger partial charge < -0.3 is 28.8 Å². The number of aliphatic hydroxyl groups is 1.